The Bertz CT molecular complexity index is 1520. The first-order chi connectivity index (χ1) is 18.4. The van der Waals surface area contributed by atoms with Crippen LogP contribution in [0.3, 0.4) is 0 Å². The van der Waals surface area contributed by atoms with Crippen LogP contribution < -0.4 is 9.44 Å². The Hall–Kier alpha value is -2.61. The molecule has 0 heterocycles. The molecule has 3 aromatic carbocycles. The molecule has 39 heavy (non-hydrogen) atoms. The van der Waals surface area contributed by atoms with Gasteiger partial charge in [-0.3, -0.25) is 0 Å². The van der Waals surface area contributed by atoms with E-state index < -0.39 is 30.1 Å². The van der Waals surface area contributed by atoms with Crippen molar-refractivity contribution in [2.75, 3.05) is 26.2 Å². The normalized spacial score (nSPS) is 12.6. The molecule has 2 N–H and O–H groups in total. The summed E-state index contributed by atoms with van der Waals surface area (Å²) in [4.78, 5) is 0.511. The zero-order valence-electron chi connectivity index (χ0n) is 22.3. The van der Waals surface area contributed by atoms with Crippen molar-refractivity contribution in [2.45, 2.75) is 48.3 Å². The van der Waals surface area contributed by atoms with Gasteiger partial charge in [0.2, 0.25) is 30.1 Å². The average Bonchev–Trinajstić information content (AvgIpc) is 2.88. The fourth-order valence-corrected chi connectivity index (χ4v) is 8.51. The van der Waals surface area contributed by atoms with E-state index in [1.54, 1.807) is 75.4 Å². The van der Waals surface area contributed by atoms with Gasteiger partial charge in [0.05, 0.1) is 14.7 Å². The van der Waals surface area contributed by atoms with E-state index in [0.717, 1.165) is 0 Å². The van der Waals surface area contributed by atoms with E-state index in [1.165, 1.54) is 22.5 Å². The molecule has 0 saturated heterocycles. The van der Waals surface area contributed by atoms with E-state index in [9.17, 15) is 25.3 Å². The topological polar surface area (TPSA) is 130 Å². The second kappa shape index (κ2) is 13.2. The van der Waals surface area contributed by atoms with Crippen LogP contribution in [0, 0.1) is 20.8 Å². The zero-order valence-corrected chi connectivity index (χ0v) is 24.7. The van der Waals surface area contributed by atoms with Gasteiger partial charge < -0.3 is 0 Å². The molecule has 3 rings (SSSR count). The molecule has 9 nitrogen and oxygen atoms in total. The molecule has 0 bridgehead atoms. The first-order valence-electron chi connectivity index (χ1n) is 12.5. The van der Waals surface area contributed by atoms with E-state index in [1.807, 2.05) is 0 Å². The van der Waals surface area contributed by atoms with Crippen LogP contribution >= 0.6 is 0 Å². The molecule has 0 aliphatic rings. The summed E-state index contributed by atoms with van der Waals surface area (Å²) in [6, 6.07) is 19.9. The second-order valence-corrected chi connectivity index (χ2v) is 14.6. The first-order valence-corrected chi connectivity index (χ1v) is 16.9. The number of rotatable bonds is 14. The fourth-order valence-electron chi connectivity index (χ4n) is 4.13. The highest BCUT2D eigenvalue weighted by Crippen LogP contribution is 2.21. The monoisotopic (exact) mass is 593 g/mol. The van der Waals surface area contributed by atoms with Gasteiger partial charge in [0, 0.05) is 26.2 Å². The smallest absolute Gasteiger partial charge is 0.211 e. The summed E-state index contributed by atoms with van der Waals surface area (Å²) in [5.41, 5.74) is 1.81. The number of sulfonamides is 3. The Labute approximate surface area is 232 Å². The third-order valence-electron chi connectivity index (χ3n) is 6.23. The lowest BCUT2D eigenvalue weighted by molar-refractivity contribution is 0.398. The Morgan fingerprint density at radius 3 is 1.23 bits per heavy atom. The number of nitrogens with one attached hydrogen (secondary N) is 2. The third-order valence-corrected chi connectivity index (χ3v) is 11.5. The van der Waals surface area contributed by atoms with Gasteiger partial charge >= 0.3 is 0 Å². The average molecular weight is 594 g/mol. The fraction of sp³-hybridized carbons (Fsp3) is 0.333. The van der Waals surface area contributed by atoms with Crippen LogP contribution in [0.4, 0.5) is 0 Å². The van der Waals surface area contributed by atoms with Crippen molar-refractivity contribution in [1.29, 1.82) is 0 Å². The minimum Gasteiger partial charge on any atom is -0.211 e. The van der Waals surface area contributed by atoms with Crippen LogP contribution in [0.2, 0.25) is 0 Å². The molecule has 3 aromatic rings. The second-order valence-electron chi connectivity index (χ2n) is 9.20. The summed E-state index contributed by atoms with van der Waals surface area (Å²) in [5, 5.41) is 0. The first kappa shape index (κ1) is 30.9. The number of hydrogen-bond acceptors (Lipinski definition) is 6. The van der Waals surface area contributed by atoms with Crippen molar-refractivity contribution in [3.63, 3.8) is 0 Å². The molecule has 0 spiro atoms. The van der Waals surface area contributed by atoms with Gasteiger partial charge in [0.15, 0.2) is 0 Å². The lowest BCUT2D eigenvalue weighted by Gasteiger charge is -2.23. The molecule has 212 valence electrons. The molecule has 0 unspecified atom stereocenters. The summed E-state index contributed by atoms with van der Waals surface area (Å²) in [6.45, 7) is 5.30. The maximum Gasteiger partial charge on any atom is 0.243 e. The summed E-state index contributed by atoms with van der Waals surface area (Å²) in [6.07, 6.45) is 0.455. The lowest BCUT2D eigenvalue weighted by Crippen LogP contribution is -2.37. The highest BCUT2D eigenvalue weighted by molar-refractivity contribution is 7.90. The minimum atomic E-state index is -3.90. The van der Waals surface area contributed by atoms with Crippen LogP contribution in [-0.2, 0) is 30.1 Å². The molecule has 0 fully saturated rings. The molecule has 0 aliphatic heterocycles. The van der Waals surface area contributed by atoms with Crippen molar-refractivity contribution in [3.05, 3.63) is 89.5 Å². The number of benzene rings is 3. The van der Waals surface area contributed by atoms with Crippen LogP contribution in [-0.4, -0.2) is 55.7 Å². The molecule has 0 radical (unpaired) electrons. The molecular formula is C27H35N3O6S3. The number of aryl methyl sites for hydroxylation is 3. The summed E-state index contributed by atoms with van der Waals surface area (Å²) >= 11 is 0. The summed E-state index contributed by atoms with van der Waals surface area (Å²) < 4.78 is 84.2. The molecule has 0 aromatic heterocycles. The van der Waals surface area contributed by atoms with Crippen LogP contribution in [0.5, 0.6) is 0 Å². The van der Waals surface area contributed by atoms with Gasteiger partial charge in [-0.15, -0.1) is 0 Å². The highest BCUT2D eigenvalue weighted by atomic mass is 32.2. The third kappa shape index (κ3) is 7.96. The van der Waals surface area contributed by atoms with Crippen molar-refractivity contribution < 1.29 is 25.3 Å². The van der Waals surface area contributed by atoms with Crippen molar-refractivity contribution in [1.82, 2.24) is 13.7 Å². The van der Waals surface area contributed by atoms with Gasteiger partial charge in [-0.25, -0.2) is 34.7 Å². The van der Waals surface area contributed by atoms with E-state index in [4.69, 9.17) is 0 Å². The van der Waals surface area contributed by atoms with Gasteiger partial charge in [-0.2, -0.15) is 4.31 Å². The summed E-state index contributed by atoms with van der Waals surface area (Å²) in [7, 11) is -11.4. The van der Waals surface area contributed by atoms with Gasteiger partial charge in [-0.1, -0.05) is 54.6 Å². The Kier molecular flexibility index (Phi) is 10.4. The van der Waals surface area contributed by atoms with E-state index in [0.29, 0.717) is 16.7 Å². The zero-order chi connectivity index (χ0) is 28.7. The molecule has 12 heteroatoms. The molecule has 0 amide bonds. The Morgan fingerprint density at radius 2 is 0.872 bits per heavy atom. The van der Waals surface area contributed by atoms with Crippen molar-refractivity contribution in [3.8, 4) is 0 Å². The van der Waals surface area contributed by atoms with Crippen molar-refractivity contribution in [2.24, 2.45) is 0 Å². The van der Waals surface area contributed by atoms with Crippen LogP contribution in [0.1, 0.15) is 29.5 Å². The highest BCUT2D eigenvalue weighted by Gasteiger charge is 2.26. The standard InChI is InChI=1S/C27H35N3O6S3/c1-22-12-4-7-15-25(22)37(31,32)28-18-10-20-30(39(35,36)27-17-9-6-14-24(27)3)21-11-19-29-38(33,34)26-16-8-5-13-23(26)2/h4-9,12-17,28-29H,10-11,18-21H2,1-3H3. The predicted molar refractivity (Wildman–Crippen MR) is 152 cm³/mol. The Morgan fingerprint density at radius 1 is 0.538 bits per heavy atom. The number of nitrogens with zero attached hydrogens (tertiary/aromatic N) is 1. The maximum atomic E-state index is 13.5. The SMILES string of the molecule is Cc1ccccc1S(=O)(=O)NCCCN(CCCNS(=O)(=O)c1ccccc1C)S(=O)(=O)c1ccccc1C. The minimum absolute atomic E-state index is 0.0381. The molecule has 0 atom stereocenters. The van der Waals surface area contributed by atoms with E-state index in [-0.39, 0.29) is 53.7 Å². The quantitative estimate of drug-likeness (QED) is 0.276. The van der Waals surface area contributed by atoms with E-state index >= 15 is 0 Å². The lowest BCUT2D eigenvalue weighted by atomic mass is 10.2. The summed E-state index contributed by atoms with van der Waals surface area (Å²) in [5.74, 6) is 0. The maximum absolute atomic E-state index is 13.5. The molecule has 0 aliphatic carbocycles. The largest absolute Gasteiger partial charge is 0.243 e. The van der Waals surface area contributed by atoms with Gasteiger partial charge in [0.25, 0.3) is 0 Å². The van der Waals surface area contributed by atoms with Crippen LogP contribution in [0.15, 0.2) is 87.5 Å². The Balaban J connectivity index is 1.68. The molecular weight excluding hydrogens is 559 g/mol. The van der Waals surface area contributed by atoms with E-state index in [2.05, 4.69) is 9.44 Å². The predicted octanol–water partition coefficient (Wildman–Crippen LogP) is 3.34. The molecule has 0 saturated carbocycles. The van der Waals surface area contributed by atoms with Gasteiger partial charge in [-0.05, 0) is 68.5 Å². The van der Waals surface area contributed by atoms with Gasteiger partial charge in [0.1, 0.15) is 0 Å². The number of hydrogen-bond donors (Lipinski definition) is 2. The van der Waals surface area contributed by atoms with Crippen LogP contribution in [0.25, 0.3) is 0 Å². The van der Waals surface area contributed by atoms with Crippen molar-refractivity contribution >= 4 is 30.1 Å².